The van der Waals surface area contributed by atoms with Crippen molar-refractivity contribution in [1.82, 2.24) is 14.8 Å². The molecule has 0 bridgehead atoms. The molecule has 0 radical (unpaired) electrons. The van der Waals surface area contributed by atoms with E-state index in [1.54, 1.807) is 17.4 Å². The fourth-order valence-electron chi connectivity index (χ4n) is 4.19. The van der Waals surface area contributed by atoms with E-state index in [0.29, 0.717) is 34.7 Å². The van der Waals surface area contributed by atoms with E-state index in [9.17, 15) is 10.1 Å². The number of fused-ring (bicyclic) bond motifs is 1. The fraction of sp³-hybridized carbons (Fsp3) is 0.385. The van der Waals surface area contributed by atoms with Crippen LogP contribution in [-0.4, -0.2) is 33.0 Å². The van der Waals surface area contributed by atoms with Gasteiger partial charge in [-0.25, -0.2) is 0 Å². The van der Waals surface area contributed by atoms with Gasteiger partial charge in [-0.3, -0.25) is 9.36 Å². The highest BCUT2D eigenvalue weighted by molar-refractivity contribution is 7.99. The number of nitrogens with one attached hydrogen (secondary N) is 1. The van der Waals surface area contributed by atoms with Crippen LogP contribution >= 0.6 is 23.1 Å². The summed E-state index contributed by atoms with van der Waals surface area (Å²) in [5.74, 6) is 1.53. The number of carbonyl (C=O) groups excluding carboxylic acids is 1. The number of nitriles is 1. The van der Waals surface area contributed by atoms with Crippen LogP contribution in [0.1, 0.15) is 48.6 Å². The molecular weight excluding hydrogens is 478 g/mol. The van der Waals surface area contributed by atoms with Gasteiger partial charge in [0.05, 0.1) is 17.9 Å². The highest BCUT2D eigenvalue weighted by Crippen LogP contribution is 2.36. The Morgan fingerprint density at radius 3 is 2.74 bits per heavy atom. The Labute approximate surface area is 214 Å². The third-order valence-corrected chi connectivity index (χ3v) is 7.99. The minimum Gasteiger partial charge on any atom is -0.494 e. The molecule has 0 spiro atoms. The first-order valence-corrected chi connectivity index (χ1v) is 13.7. The summed E-state index contributed by atoms with van der Waals surface area (Å²) in [5.41, 5.74) is 2.68. The second-order valence-electron chi connectivity index (χ2n) is 8.23. The quantitative estimate of drug-likeness (QED) is 0.288. The Morgan fingerprint density at radius 1 is 1.26 bits per heavy atom. The largest absolute Gasteiger partial charge is 0.494 e. The number of hydrogen-bond acceptors (Lipinski definition) is 7. The molecule has 0 saturated carbocycles. The summed E-state index contributed by atoms with van der Waals surface area (Å²) in [4.78, 5) is 14.1. The third-order valence-electron chi connectivity index (χ3n) is 5.82. The molecule has 1 aliphatic carbocycles. The van der Waals surface area contributed by atoms with Crippen molar-refractivity contribution >= 4 is 34.0 Å². The zero-order chi connectivity index (χ0) is 24.6. The second kappa shape index (κ2) is 12.0. The van der Waals surface area contributed by atoms with Crippen molar-refractivity contribution in [3.8, 4) is 23.2 Å². The van der Waals surface area contributed by atoms with Crippen molar-refractivity contribution in [2.45, 2.75) is 57.1 Å². The van der Waals surface area contributed by atoms with Gasteiger partial charge in [-0.1, -0.05) is 30.7 Å². The van der Waals surface area contributed by atoms with Crippen LogP contribution in [-0.2, 0) is 24.2 Å². The number of carbonyl (C=O) groups is 1. The van der Waals surface area contributed by atoms with Crippen LogP contribution in [0.3, 0.4) is 0 Å². The van der Waals surface area contributed by atoms with E-state index in [-0.39, 0.29) is 11.7 Å². The molecule has 0 unspecified atom stereocenters. The highest BCUT2D eigenvalue weighted by atomic mass is 32.2. The molecule has 0 fully saturated rings. The molecule has 1 aliphatic rings. The number of thioether (sulfide) groups is 1. The molecule has 7 nitrogen and oxygen atoms in total. The molecular formula is C26H29N5O2S2. The van der Waals surface area contributed by atoms with Gasteiger partial charge in [0, 0.05) is 17.0 Å². The molecule has 0 atom stereocenters. The molecule has 2 heterocycles. The zero-order valence-electron chi connectivity index (χ0n) is 19.9. The van der Waals surface area contributed by atoms with E-state index in [0.717, 1.165) is 42.6 Å². The summed E-state index contributed by atoms with van der Waals surface area (Å²) in [6, 6.07) is 10.0. The standard InChI is InChI=1S/C26H29N5O2S2/c1-3-15-31-24(18-11-13-19(14-12-18)33-4-2)29-30-26(31)34-17-23(32)28-25-21(16-27)20-9-7-5-6-8-10-22(20)35-25/h3,11-14H,1,4-10,15,17H2,2H3,(H,28,32). The fourth-order valence-corrected chi connectivity index (χ4v) is 6.19. The van der Waals surface area contributed by atoms with E-state index in [4.69, 9.17) is 4.74 Å². The van der Waals surface area contributed by atoms with Gasteiger partial charge in [0.1, 0.15) is 16.8 Å². The molecule has 0 aliphatic heterocycles. The smallest absolute Gasteiger partial charge is 0.235 e. The maximum absolute atomic E-state index is 12.8. The van der Waals surface area contributed by atoms with E-state index < -0.39 is 0 Å². The molecule has 1 aromatic carbocycles. The van der Waals surface area contributed by atoms with Crippen LogP contribution in [0, 0.1) is 11.3 Å². The molecule has 35 heavy (non-hydrogen) atoms. The monoisotopic (exact) mass is 507 g/mol. The van der Waals surface area contributed by atoms with Gasteiger partial charge in [-0.05, 0) is 62.4 Å². The molecule has 2 aromatic heterocycles. The third kappa shape index (κ3) is 5.95. The van der Waals surface area contributed by atoms with E-state index >= 15 is 0 Å². The van der Waals surface area contributed by atoms with Gasteiger partial charge < -0.3 is 10.1 Å². The van der Waals surface area contributed by atoms with Gasteiger partial charge >= 0.3 is 0 Å². The zero-order valence-corrected chi connectivity index (χ0v) is 21.5. The first-order valence-electron chi connectivity index (χ1n) is 11.9. The average molecular weight is 508 g/mol. The molecule has 3 aromatic rings. The number of thiophene rings is 1. The van der Waals surface area contributed by atoms with Crippen molar-refractivity contribution < 1.29 is 9.53 Å². The normalized spacial score (nSPS) is 13.3. The van der Waals surface area contributed by atoms with Gasteiger partial charge in [0.2, 0.25) is 5.91 Å². The topological polar surface area (TPSA) is 92.8 Å². The van der Waals surface area contributed by atoms with Crippen LogP contribution in [0.2, 0.25) is 0 Å². The number of nitrogens with zero attached hydrogens (tertiary/aromatic N) is 4. The molecule has 0 saturated heterocycles. The Bertz CT molecular complexity index is 1220. The predicted octanol–water partition coefficient (Wildman–Crippen LogP) is 5.85. The number of benzene rings is 1. The lowest BCUT2D eigenvalue weighted by Crippen LogP contribution is -2.14. The number of anilines is 1. The van der Waals surface area contributed by atoms with Gasteiger partial charge in [0.15, 0.2) is 11.0 Å². The summed E-state index contributed by atoms with van der Waals surface area (Å²) in [7, 11) is 0. The van der Waals surface area contributed by atoms with Crippen molar-refractivity contribution in [3.05, 3.63) is 52.9 Å². The van der Waals surface area contributed by atoms with Crippen molar-refractivity contribution in [2.24, 2.45) is 0 Å². The summed E-state index contributed by atoms with van der Waals surface area (Å²) < 4.78 is 7.46. The van der Waals surface area contributed by atoms with E-state index in [1.165, 1.54) is 29.5 Å². The summed E-state index contributed by atoms with van der Waals surface area (Å²) in [6.07, 6.45) is 8.33. The molecule has 182 valence electrons. The number of aromatic nitrogens is 3. The second-order valence-corrected chi connectivity index (χ2v) is 10.3. The molecule has 4 rings (SSSR count). The Balaban J connectivity index is 1.46. The first kappa shape index (κ1) is 25.0. The number of allylic oxidation sites excluding steroid dienone is 1. The van der Waals surface area contributed by atoms with Crippen LogP contribution in [0.5, 0.6) is 5.75 Å². The van der Waals surface area contributed by atoms with Gasteiger partial charge in [0.25, 0.3) is 0 Å². The maximum atomic E-state index is 12.8. The predicted molar refractivity (Wildman–Crippen MR) is 141 cm³/mol. The van der Waals surface area contributed by atoms with Crippen LogP contribution in [0.25, 0.3) is 11.4 Å². The lowest BCUT2D eigenvalue weighted by molar-refractivity contribution is -0.113. The Morgan fingerprint density at radius 2 is 2.03 bits per heavy atom. The van der Waals surface area contributed by atoms with Gasteiger partial charge in [-0.2, -0.15) is 5.26 Å². The molecule has 1 N–H and O–H groups in total. The van der Waals surface area contributed by atoms with Crippen LogP contribution in [0.4, 0.5) is 5.00 Å². The number of amides is 1. The van der Waals surface area contributed by atoms with Gasteiger partial charge in [-0.15, -0.1) is 28.1 Å². The lowest BCUT2D eigenvalue weighted by atomic mass is 9.97. The average Bonchev–Trinajstić information content (AvgIpc) is 3.39. The first-order chi connectivity index (χ1) is 17.1. The van der Waals surface area contributed by atoms with Crippen molar-refractivity contribution in [3.63, 3.8) is 0 Å². The lowest BCUT2D eigenvalue weighted by Gasteiger charge is -2.09. The summed E-state index contributed by atoms with van der Waals surface area (Å²) >= 11 is 2.88. The minimum absolute atomic E-state index is 0.156. The molecule has 9 heteroatoms. The number of aryl methyl sites for hydroxylation is 1. The summed E-state index contributed by atoms with van der Waals surface area (Å²) in [6.45, 7) is 6.93. The van der Waals surface area contributed by atoms with Crippen LogP contribution < -0.4 is 10.1 Å². The maximum Gasteiger partial charge on any atom is 0.235 e. The van der Waals surface area contributed by atoms with Crippen molar-refractivity contribution in [2.75, 3.05) is 17.7 Å². The highest BCUT2D eigenvalue weighted by Gasteiger charge is 2.21. The Kier molecular flexibility index (Phi) is 8.61. The molecule has 1 amide bonds. The van der Waals surface area contributed by atoms with Crippen LogP contribution in [0.15, 0.2) is 42.1 Å². The number of hydrogen-bond donors (Lipinski definition) is 1. The SMILES string of the molecule is C=CCn1c(SCC(=O)Nc2sc3c(c2C#N)CCCCCC3)nnc1-c1ccc(OCC)cc1. The number of rotatable bonds is 9. The van der Waals surface area contributed by atoms with Crippen molar-refractivity contribution in [1.29, 1.82) is 5.26 Å². The minimum atomic E-state index is -0.156. The van der Waals surface area contributed by atoms with E-state index in [1.807, 2.05) is 35.8 Å². The van der Waals surface area contributed by atoms with E-state index in [2.05, 4.69) is 28.2 Å². The summed E-state index contributed by atoms with van der Waals surface area (Å²) in [5, 5.41) is 22.7. The number of ether oxygens (including phenoxy) is 1. The Hall–Kier alpha value is -3.09.